The number of amides is 3. The molecule has 3 aliphatic rings. The monoisotopic (exact) mass is 762 g/mol. The normalized spacial score (nSPS) is 25.4. The number of aromatic nitrogens is 2. The van der Waals surface area contributed by atoms with E-state index in [9.17, 15) is 24.3 Å². The molecule has 54 heavy (non-hydrogen) atoms. The molecule has 4 N–H and O–H groups in total. The van der Waals surface area contributed by atoms with Gasteiger partial charge in [0, 0.05) is 41.3 Å². The van der Waals surface area contributed by atoms with Crippen molar-refractivity contribution in [2.45, 2.75) is 115 Å². The van der Waals surface area contributed by atoms with E-state index in [1.54, 1.807) is 46.1 Å². The highest BCUT2D eigenvalue weighted by Crippen LogP contribution is 2.45. The van der Waals surface area contributed by atoms with Crippen LogP contribution in [0.5, 0.6) is 11.5 Å². The Hall–Kier alpha value is -4.92. The molecule has 14 nitrogen and oxygen atoms in total. The molecule has 3 amide bonds. The minimum Gasteiger partial charge on any atom is -0.497 e. The van der Waals surface area contributed by atoms with Crippen molar-refractivity contribution in [1.29, 1.82) is 0 Å². The molecule has 0 spiro atoms. The average Bonchev–Trinajstić information content (AvgIpc) is 3.38. The molecule has 0 radical (unpaired) electrons. The maximum absolute atomic E-state index is 14.5. The highest BCUT2D eigenvalue weighted by atomic mass is 32.1. The Morgan fingerprint density at radius 1 is 1.11 bits per heavy atom. The van der Waals surface area contributed by atoms with Crippen LogP contribution >= 0.6 is 11.3 Å². The first-order valence-corrected chi connectivity index (χ1v) is 19.4. The van der Waals surface area contributed by atoms with Crippen molar-refractivity contribution >= 4 is 51.2 Å². The first-order valence-electron chi connectivity index (χ1n) is 18.6. The number of benzene rings is 1. The van der Waals surface area contributed by atoms with E-state index in [1.165, 1.54) is 16.2 Å². The van der Waals surface area contributed by atoms with Crippen LogP contribution in [0.1, 0.15) is 79.6 Å². The number of nitrogens with one attached hydrogen (secondary N) is 3. The fourth-order valence-electron chi connectivity index (χ4n) is 7.01. The molecule has 290 valence electrons. The van der Waals surface area contributed by atoms with Crippen LogP contribution in [-0.2, 0) is 19.1 Å². The molecular weight excluding hydrogens is 713 g/mol. The minimum absolute atomic E-state index is 0.0152. The summed E-state index contributed by atoms with van der Waals surface area (Å²) in [5, 5.41) is 22.5. The Morgan fingerprint density at radius 3 is 2.63 bits per heavy atom. The summed E-state index contributed by atoms with van der Waals surface area (Å²) in [5.41, 5.74) is -0.427. The fourth-order valence-corrected chi connectivity index (χ4v) is 7.86. The van der Waals surface area contributed by atoms with Crippen LogP contribution in [0.25, 0.3) is 22.3 Å². The fraction of sp³-hybridized carbons (Fsp3) is 0.538. The van der Waals surface area contributed by atoms with Crippen LogP contribution in [0.3, 0.4) is 0 Å². The Labute approximate surface area is 319 Å². The molecule has 3 aromatic rings. The van der Waals surface area contributed by atoms with E-state index in [0.717, 1.165) is 24.4 Å². The maximum atomic E-state index is 14.5. The molecule has 15 heteroatoms. The molecule has 2 aromatic heterocycles. The van der Waals surface area contributed by atoms with Crippen molar-refractivity contribution in [1.82, 2.24) is 25.5 Å². The van der Waals surface area contributed by atoms with E-state index < -0.39 is 53.2 Å². The van der Waals surface area contributed by atoms with E-state index in [4.69, 9.17) is 24.2 Å². The zero-order chi connectivity index (χ0) is 38.8. The molecular formula is C39H50N6O8S. The summed E-state index contributed by atoms with van der Waals surface area (Å²) < 4.78 is 17.7. The van der Waals surface area contributed by atoms with Gasteiger partial charge in [0.05, 0.1) is 24.9 Å². The number of carbonyl (C=O) groups is 4. The van der Waals surface area contributed by atoms with Gasteiger partial charge < -0.3 is 40.2 Å². The Kier molecular flexibility index (Phi) is 11.4. The number of hydrogen-bond acceptors (Lipinski definition) is 11. The second-order valence-electron chi connectivity index (χ2n) is 15.5. The number of rotatable bonds is 8. The number of aliphatic carboxylic acids is 1. The lowest BCUT2D eigenvalue weighted by Gasteiger charge is -2.30. The van der Waals surface area contributed by atoms with Gasteiger partial charge in [-0.1, -0.05) is 25.0 Å². The van der Waals surface area contributed by atoms with Crippen LogP contribution in [0, 0.1) is 5.92 Å². The van der Waals surface area contributed by atoms with Gasteiger partial charge in [-0.2, -0.15) is 0 Å². The number of fused-ring (bicyclic) bond motifs is 3. The number of anilines is 1. The van der Waals surface area contributed by atoms with E-state index in [-0.39, 0.29) is 31.3 Å². The molecule has 2 aliphatic heterocycles. The number of carbonyl (C=O) groups excluding carboxylic acids is 3. The van der Waals surface area contributed by atoms with Gasteiger partial charge in [-0.15, -0.1) is 11.3 Å². The summed E-state index contributed by atoms with van der Waals surface area (Å²) in [6.07, 6.45) is 6.11. The van der Waals surface area contributed by atoms with Gasteiger partial charge in [0.2, 0.25) is 11.8 Å². The number of ether oxygens (including phenoxy) is 3. The van der Waals surface area contributed by atoms with Gasteiger partial charge in [-0.05, 0) is 72.4 Å². The van der Waals surface area contributed by atoms with Crippen LogP contribution in [0.2, 0.25) is 0 Å². The highest BCUT2D eigenvalue weighted by Gasteiger charge is 2.61. The van der Waals surface area contributed by atoms with Gasteiger partial charge in [-0.25, -0.2) is 19.6 Å². The molecule has 1 unspecified atom stereocenters. The zero-order valence-electron chi connectivity index (χ0n) is 31.6. The number of thiazole rings is 1. The first kappa shape index (κ1) is 38.8. The summed E-state index contributed by atoms with van der Waals surface area (Å²) >= 11 is 1.46. The van der Waals surface area contributed by atoms with Crippen molar-refractivity contribution in [3.05, 3.63) is 41.8 Å². The number of hydrogen-bond donors (Lipinski definition) is 4. The second-order valence-corrected chi connectivity index (χ2v) is 16.4. The number of carboxylic acid groups (broad SMARTS) is 1. The van der Waals surface area contributed by atoms with E-state index in [0.29, 0.717) is 46.6 Å². The SMILES string of the molecule is COc1ccc2c(O[C@@H]3C[C@H]4C(=O)N[C@]5(C(=O)O)CC5/C=C\CCCCC[C@H](NC(=O)OC(C)(C)C)C(=O)N4C3)cc(-c3csc(NC(C)C)n3)nc2c1. The number of methoxy groups -OCH3 is 1. The zero-order valence-corrected chi connectivity index (χ0v) is 32.5. The van der Waals surface area contributed by atoms with Gasteiger partial charge in [0.1, 0.15) is 46.5 Å². The van der Waals surface area contributed by atoms with Crippen LogP contribution in [0.4, 0.5) is 9.93 Å². The lowest BCUT2D eigenvalue weighted by molar-refractivity contribution is -0.145. The lowest BCUT2D eigenvalue weighted by Crippen LogP contribution is -2.56. The molecule has 4 heterocycles. The third kappa shape index (κ3) is 8.88. The summed E-state index contributed by atoms with van der Waals surface area (Å²) in [4.78, 5) is 65.2. The average molecular weight is 763 g/mol. The molecule has 6 rings (SSSR count). The topological polar surface area (TPSA) is 181 Å². The third-order valence-corrected chi connectivity index (χ3v) is 10.5. The molecule has 1 aliphatic carbocycles. The predicted octanol–water partition coefficient (Wildman–Crippen LogP) is 5.91. The van der Waals surface area contributed by atoms with E-state index >= 15 is 0 Å². The highest BCUT2D eigenvalue weighted by molar-refractivity contribution is 7.14. The van der Waals surface area contributed by atoms with Gasteiger partial charge >= 0.3 is 12.1 Å². The number of alkyl carbamates (subject to hydrolysis) is 1. The van der Waals surface area contributed by atoms with E-state index in [2.05, 4.69) is 16.0 Å². The van der Waals surface area contributed by atoms with E-state index in [1.807, 2.05) is 37.4 Å². The summed E-state index contributed by atoms with van der Waals surface area (Å²) in [6, 6.07) is 5.41. The number of nitrogens with zero attached hydrogens (tertiary/aromatic N) is 3. The Bertz CT molecular complexity index is 1920. The molecule has 1 saturated heterocycles. The minimum atomic E-state index is -1.46. The Balaban J connectivity index is 1.34. The number of allylic oxidation sites excluding steroid dienone is 1. The van der Waals surface area contributed by atoms with Crippen molar-refractivity contribution in [3.63, 3.8) is 0 Å². The lowest BCUT2D eigenvalue weighted by atomic mass is 10.0. The summed E-state index contributed by atoms with van der Waals surface area (Å²) in [6.45, 7) is 9.30. The molecule has 2 fully saturated rings. The standard InChI is InChI=1S/C39H50N6O8S/c1-22(2)40-36-42-30(21-54-36)29-18-32(26-15-14-24(51-6)16-28(26)41-29)52-25-17-31-33(46)44-39(35(48)49)19-23(39)12-10-8-7-9-11-13-27(34(47)45(31)20-25)43-37(50)53-38(3,4)5/h10,12,14-16,18,21-23,25,27,31H,7-9,11,13,17,19-20H2,1-6H3,(H,40,42)(H,43,50)(H,44,46)(H,48,49)/b12-10-/t23?,25-,27+,31+,39-/m1/s1. The first-order chi connectivity index (χ1) is 25.7. The van der Waals surface area contributed by atoms with Crippen molar-refractivity contribution in [3.8, 4) is 22.9 Å². The van der Waals surface area contributed by atoms with Crippen LogP contribution in [-0.4, -0.2) is 92.9 Å². The number of carboxylic acids is 1. The predicted molar refractivity (Wildman–Crippen MR) is 205 cm³/mol. The van der Waals surface area contributed by atoms with Gasteiger partial charge in [-0.3, -0.25) is 9.59 Å². The second kappa shape index (κ2) is 15.8. The van der Waals surface area contributed by atoms with Gasteiger partial charge in [0.15, 0.2) is 5.13 Å². The molecule has 1 aromatic carbocycles. The smallest absolute Gasteiger partial charge is 0.408 e. The van der Waals surface area contributed by atoms with Crippen molar-refractivity contribution in [2.24, 2.45) is 5.92 Å². The molecule has 1 saturated carbocycles. The molecule has 5 atom stereocenters. The number of pyridine rings is 1. The van der Waals surface area contributed by atoms with Crippen LogP contribution in [0.15, 0.2) is 41.8 Å². The summed E-state index contributed by atoms with van der Waals surface area (Å²) in [5.74, 6) is -1.45. The third-order valence-electron chi connectivity index (χ3n) is 9.76. The quantitative estimate of drug-likeness (QED) is 0.200. The molecule has 0 bridgehead atoms. The largest absolute Gasteiger partial charge is 0.497 e. The Morgan fingerprint density at radius 2 is 1.91 bits per heavy atom. The van der Waals surface area contributed by atoms with Gasteiger partial charge in [0.25, 0.3) is 0 Å². The van der Waals surface area contributed by atoms with Crippen molar-refractivity contribution in [2.75, 3.05) is 19.0 Å². The summed E-state index contributed by atoms with van der Waals surface area (Å²) in [7, 11) is 1.58. The van der Waals surface area contributed by atoms with Crippen molar-refractivity contribution < 1.29 is 38.5 Å². The van der Waals surface area contributed by atoms with Crippen LogP contribution < -0.4 is 25.4 Å². The maximum Gasteiger partial charge on any atom is 0.408 e.